The molecule has 0 aromatic heterocycles. The number of halogens is 1. The molecule has 3 nitrogen and oxygen atoms in total. The van der Waals surface area contributed by atoms with Gasteiger partial charge < -0.3 is 15.8 Å². The predicted octanol–water partition coefficient (Wildman–Crippen LogP) is 1.92. The molecule has 0 radical (unpaired) electrons. The molecule has 1 aromatic rings. The normalized spacial score (nSPS) is 21.6. The van der Waals surface area contributed by atoms with Crippen LogP contribution in [0.4, 0.5) is 10.1 Å². The fraction of sp³-hybridized carbons (Fsp3) is 0.538. The summed E-state index contributed by atoms with van der Waals surface area (Å²) in [5.41, 5.74) is 6.55. The van der Waals surface area contributed by atoms with Crippen molar-refractivity contribution in [3.63, 3.8) is 0 Å². The van der Waals surface area contributed by atoms with Crippen LogP contribution in [0, 0.1) is 11.7 Å². The van der Waals surface area contributed by atoms with Gasteiger partial charge in [-0.15, -0.1) is 0 Å². The number of benzene rings is 1. The first-order valence-electron chi connectivity index (χ1n) is 6.02. The highest BCUT2D eigenvalue weighted by molar-refractivity contribution is 5.41. The zero-order valence-electron chi connectivity index (χ0n) is 10.1. The minimum absolute atomic E-state index is 0.200. The molecule has 0 saturated carbocycles. The molecule has 17 heavy (non-hydrogen) atoms. The van der Waals surface area contributed by atoms with Crippen LogP contribution in [0.25, 0.3) is 0 Å². The van der Waals surface area contributed by atoms with Gasteiger partial charge in [-0.25, -0.2) is 4.39 Å². The first-order valence-corrected chi connectivity index (χ1v) is 6.02. The van der Waals surface area contributed by atoms with Gasteiger partial charge in [0.1, 0.15) is 5.82 Å². The maximum atomic E-state index is 13.2. The zero-order chi connectivity index (χ0) is 12.3. The highest BCUT2D eigenvalue weighted by Gasteiger charge is 2.21. The average molecular weight is 238 g/mol. The molecule has 1 aromatic carbocycles. The summed E-state index contributed by atoms with van der Waals surface area (Å²) in [6.45, 7) is 4.49. The summed E-state index contributed by atoms with van der Waals surface area (Å²) in [7, 11) is 0. The van der Waals surface area contributed by atoms with E-state index in [4.69, 9.17) is 10.5 Å². The van der Waals surface area contributed by atoms with E-state index in [1.165, 1.54) is 6.07 Å². The molecule has 0 amide bonds. The van der Waals surface area contributed by atoms with Crippen molar-refractivity contribution < 1.29 is 9.13 Å². The van der Waals surface area contributed by atoms with Gasteiger partial charge in [0.25, 0.3) is 0 Å². The molecular weight excluding hydrogens is 219 g/mol. The molecule has 1 saturated heterocycles. The summed E-state index contributed by atoms with van der Waals surface area (Å²) < 4.78 is 18.6. The Bertz CT molecular complexity index is 378. The first kappa shape index (κ1) is 12.3. The van der Waals surface area contributed by atoms with E-state index < -0.39 is 0 Å². The molecule has 1 heterocycles. The Labute approximate surface area is 101 Å². The number of nitrogens with two attached hydrogens (primary N) is 1. The molecule has 1 aliphatic rings. The summed E-state index contributed by atoms with van der Waals surface area (Å²) in [5, 5.41) is 3.40. The largest absolute Gasteiger partial charge is 0.396 e. The minimum atomic E-state index is -0.346. The van der Waals surface area contributed by atoms with Gasteiger partial charge in [-0.1, -0.05) is 6.07 Å². The number of nitrogen functional groups attached to an aromatic ring is 1. The van der Waals surface area contributed by atoms with Crippen molar-refractivity contribution in [2.45, 2.75) is 25.9 Å². The standard InChI is InChI=1S/C13H19FN2O/c1-9(11-4-5-17-8-11)16-7-10-2-3-13(15)12(14)6-10/h2-3,6,9,11,16H,4-5,7-8,15H2,1H3. The summed E-state index contributed by atoms with van der Waals surface area (Å²) in [4.78, 5) is 0. The van der Waals surface area contributed by atoms with Gasteiger partial charge in [-0.05, 0) is 37.0 Å². The maximum absolute atomic E-state index is 13.2. The Kier molecular flexibility index (Phi) is 3.97. The highest BCUT2D eigenvalue weighted by atomic mass is 19.1. The van der Waals surface area contributed by atoms with E-state index in [-0.39, 0.29) is 11.5 Å². The summed E-state index contributed by atoms with van der Waals surface area (Å²) in [6, 6.07) is 5.33. The van der Waals surface area contributed by atoms with Crippen molar-refractivity contribution in [1.29, 1.82) is 0 Å². The van der Waals surface area contributed by atoms with E-state index in [9.17, 15) is 4.39 Å². The third kappa shape index (κ3) is 3.17. The number of anilines is 1. The first-order chi connectivity index (χ1) is 8.16. The van der Waals surface area contributed by atoms with Gasteiger partial charge in [0.15, 0.2) is 0 Å². The Morgan fingerprint density at radius 3 is 3.06 bits per heavy atom. The topological polar surface area (TPSA) is 47.3 Å². The van der Waals surface area contributed by atoms with Crippen LogP contribution in [-0.4, -0.2) is 19.3 Å². The molecule has 1 fully saturated rings. The van der Waals surface area contributed by atoms with Gasteiger partial charge in [0.05, 0.1) is 12.3 Å². The predicted molar refractivity (Wildman–Crippen MR) is 66.0 cm³/mol. The van der Waals surface area contributed by atoms with Gasteiger partial charge in [0, 0.05) is 19.2 Å². The van der Waals surface area contributed by atoms with E-state index in [0.717, 1.165) is 25.2 Å². The second-order valence-electron chi connectivity index (χ2n) is 4.65. The van der Waals surface area contributed by atoms with Crippen LogP contribution >= 0.6 is 0 Å². The van der Waals surface area contributed by atoms with Crippen LogP contribution in [0.2, 0.25) is 0 Å². The second-order valence-corrected chi connectivity index (χ2v) is 4.65. The van der Waals surface area contributed by atoms with Crippen LogP contribution in [0.3, 0.4) is 0 Å². The number of nitrogens with one attached hydrogen (secondary N) is 1. The number of rotatable bonds is 4. The van der Waals surface area contributed by atoms with Gasteiger partial charge in [-0.2, -0.15) is 0 Å². The van der Waals surface area contributed by atoms with E-state index in [0.29, 0.717) is 18.5 Å². The van der Waals surface area contributed by atoms with Crippen molar-refractivity contribution >= 4 is 5.69 Å². The number of hydrogen-bond donors (Lipinski definition) is 2. The molecule has 2 rings (SSSR count). The van der Waals surface area contributed by atoms with Crippen molar-refractivity contribution in [3.05, 3.63) is 29.6 Å². The quantitative estimate of drug-likeness (QED) is 0.788. The lowest BCUT2D eigenvalue weighted by Gasteiger charge is -2.19. The van der Waals surface area contributed by atoms with Crippen molar-refractivity contribution in [1.82, 2.24) is 5.32 Å². The highest BCUT2D eigenvalue weighted by Crippen LogP contribution is 2.17. The van der Waals surface area contributed by atoms with E-state index in [1.54, 1.807) is 6.07 Å². The molecule has 0 aliphatic carbocycles. The van der Waals surface area contributed by atoms with E-state index in [2.05, 4.69) is 12.2 Å². The molecule has 1 aliphatic heterocycles. The third-order valence-corrected chi connectivity index (χ3v) is 3.37. The molecule has 0 bridgehead atoms. The fourth-order valence-corrected chi connectivity index (χ4v) is 2.07. The maximum Gasteiger partial charge on any atom is 0.146 e. The van der Waals surface area contributed by atoms with E-state index in [1.807, 2.05) is 6.07 Å². The number of ether oxygens (including phenoxy) is 1. The van der Waals surface area contributed by atoms with Crippen LogP contribution in [-0.2, 0) is 11.3 Å². The molecular formula is C13H19FN2O. The molecule has 2 atom stereocenters. The Balaban J connectivity index is 1.86. The monoisotopic (exact) mass is 238 g/mol. The summed E-state index contributed by atoms with van der Waals surface area (Å²) >= 11 is 0. The molecule has 0 spiro atoms. The molecule has 3 N–H and O–H groups in total. The van der Waals surface area contributed by atoms with Crippen molar-refractivity contribution in [3.8, 4) is 0 Å². The van der Waals surface area contributed by atoms with Crippen LogP contribution in [0.15, 0.2) is 18.2 Å². The second kappa shape index (κ2) is 5.47. The van der Waals surface area contributed by atoms with Gasteiger partial charge >= 0.3 is 0 Å². The SMILES string of the molecule is CC(NCc1ccc(N)c(F)c1)C1CCOC1. The minimum Gasteiger partial charge on any atom is -0.396 e. The fourth-order valence-electron chi connectivity index (χ4n) is 2.07. The molecule has 2 unspecified atom stereocenters. The van der Waals surface area contributed by atoms with E-state index >= 15 is 0 Å². The average Bonchev–Trinajstić information content (AvgIpc) is 2.84. The Hall–Kier alpha value is -1.13. The third-order valence-electron chi connectivity index (χ3n) is 3.37. The van der Waals surface area contributed by atoms with Crippen molar-refractivity contribution in [2.75, 3.05) is 18.9 Å². The van der Waals surface area contributed by atoms with Crippen LogP contribution < -0.4 is 11.1 Å². The zero-order valence-corrected chi connectivity index (χ0v) is 10.1. The number of hydrogen-bond acceptors (Lipinski definition) is 3. The lowest BCUT2D eigenvalue weighted by molar-refractivity contribution is 0.178. The lowest BCUT2D eigenvalue weighted by atomic mass is 10.0. The Morgan fingerprint density at radius 2 is 2.41 bits per heavy atom. The smallest absolute Gasteiger partial charge is 0.146 e. The Morgan fingerprint density at radius 1 is 1.59 bits per heavy atom. The lowest BCUT2D eigenvalue weighted by Crippen LogP contribution is -2.33. The summed E-state index contributed by atoms with van der Waals surface area (Å²) in [5.74, 6) is 0.217. The van der Waals surface area contributed by atoms with Gasteiger partial charge in [-0.3, -0.25) is 0 Å². The van der Waals surface area contributed by atoms with Crippen molar-refractivity contribution in [2.24, 2.45) is 5.92 Å². The molecule has 94 valence electrons. The molecule has 4 heteroatoms. The van der Waals surface area contributed by atoms with Crippen LogP contribution in [0.1, 0.15) is 18.9 Å². The van der Waals surface area contributed by atoms with Crippen LogP contribution in [0.5, 0.6) is 0 Å². The van der Waals surface area contributed by atoms with Gasteiger partial charge in [0.2, 0.25) is 0 Å². The summed E-state index contributed by atoms with van der Waals surface area (Å²) in [6.07, 6.45) is 1.10.